The summed E-state index contributed by atoms with van der Waals surface area (Å²) in [5, 5.41) is -0.400. The Balaban J connectivity index is 2.83. The van der Waals surface area contributed by atoms with Crippen molar-refractivity contribution >= 4 is 10.0 Å². The Hall–Kier alpha value is -0.130. The van der Waals surface area contributed by atoms with E-state index in [1.807, 2.05) is 13.8 Å². The van der Waals surface area contributed by atoms with E-state index in [2.05, 4.69) is 0 Å². The van der Waals surface area contributed by atoms with Crippen LogP contribution in [0.3, 0.4) is 0 Å². The molecule has 0 bridgehead atoms. The fourth-order valence-corrected chi connectivity index (χ4v) is 4.01. The van der Waals surface area contributed by atoms with Crippen LogP contribution in [0.15, 0.2) is 0 Å². The van der Waals surface area contributed by atoms with Crippen LogP contribution in [0.25, 0.3) is 0 Å². The van der Waals surface area contributed by atoms with E-state index in [1.165, 1.54) is 0 Å². The monoisotopic (exact) mass is 220 g/mol. The molecule has 84 valence electrons. The number of hydrogen-bond donors (Lipinski definition) is 1. The second-order valence-corrected chi connectivity index (χ2v) is 6.08. The molecular weight excluding hydrogens is 200 g/mol. The molecule has 0 aromatic heterocycles. The maximum atomic E-state index is 12.1. The summed E-state index contributed by atoms with van der Waals surface area (Å²) in [6.45, 7) is 4.73. The van der Waals surface area contributed by atoms with Crippen LogP contribution < -0.4 is 5.73 Å². The van der Waals surface area contributed by atoms with Gasteiger partial charge in [0.2, 0.25) is 10.0 Å². The number of rotatable bonds is 4. The molecule has 0 aliphatic carbocycles. The average molecular weight is 220 g/mol. The van der Waals surface area contributed by atoms with Gasteiger partial charge in [0.15, 0.2) is 0 Å². The standard InChI is InChI=1S/C9H20N2O2S/c1-3-9(7-10)14(12,13)11-6-4-5-8(11)2/h8-9H,3-7,10H2,1-2H3. The highest BCUT2D eigenvalue weighted by Gasteiger charge is 2.35. The third-order valence-electron chi connectivity index (χ3n) is 2.96. The zero-order chi connectivity index (χ0) is 10.8. The molecule has 0 saturated carbocycles. The van der Waals surface area contributed by atoms with E-state index >= 15 is 0 Å². The first-order valence-corrected chi connectivity index (χ1v) is 6.75. The molecule has 0 aromatic carbocycles. The molecule has 2 N–H and O–H groups in total. The van der Waals surface area contributed by atoms with Crippen molar-refractivity contribution in [2.24, 2.45) is 5.73 Å². The van der Waals surface area contributed by atoms with E-state index in [0.29, 0.717) is 13.0 Å². The first kappa shape index (κ1) is 11.9. The Morgan fingerprint density at radius 3 is 2.57 bits per heavy atom. The van der Waals surface area contributed by atoms with E-state index in [0.717, 1.165) is 12.8 Å². The molecule has 0 radical (unpaired) electrons. The van der Waals surface area contributed by atoms with Gasteiger partial charge in [-0.1, -0.05) is 6.92 Å². The van der Waals surface area contributed by atoms with Gasteiger partial charge in [0.1, 0.15) is 0 Å². The molecule has 0 spiro atoms. The second kappa shape index (κ2) is 4.59. The topological polar surface area (TPSA) is 63.4 Å². The van der Waals surface area contributed by atoms with Crippen molar-refractivity contribution in [1.29, 1.82) is 0 Å². The SMILES string of the molecule is CCC(CN)S(=O)(=O)N1CCCC1C. The average Bonchev–Trinajstić information content (AvgIpc) is 2.53. The fraction of sp³-hybridized carbons (Fsp3) is 1.00. The maximum absolute atomic E-state index is 12.1. The van der Waals surface area contributed by atoms with E-state index in [4.69, 9.17) is 5.73 Å². The van der Waals surface area contributed by atoms with E-state index in [9.17, 15) is 8.42 Å². The highest BCUT2D eigenvalue weighted by Crippen LogP contribution is 2.23. The Morgan fingerprint density at radius 1 is 1.57 bits per heavy atom. The normalized spacial score (nSPS) is 26.6. The molecule has 2 unspecified atom stereocenters. The van der Waals surface area contributed by atoms with Crippen molar-refractivity contribution in [3.63, 3.8) is 0 Å². The Kier molecular flexibility index (Phi) is 3.92. The van der Waals surface area contributed by atoms with Gasteiger partial charge in [0.05, 0.1) is 5.25 Å². The first-order valence-electron chi connectivity index (χ1n) is 5.24. The van der Waals surface area contributed by atoms with Crippen LogP contribution >= 0.6 is 0 Å². The lowest BCUT2D eigenvalue weighted by molar-refractivity contribution is 0.399. The van der Waals surface area contributed by atoms with E-state index < -0.39 is 15.3 Å². The molecule has 4 nitrogen and oxygen atoms in total. The minimum absolute atomic E-state index is 0.153. The second-order valence-electron chi connectivity index (χ2n) is 3.91. The van der Waals surface area contributed by atoms with Crippen LogP contribution in [0.4, 0.5) is 0 Å². The van der Waals surface area contributed by atoms with Gasteiger partial charge in [0.25, 0.3) is 0 Å². The molecule has 14 heavy (non-hydrogen) atoms. The molecule has 5 heteroatoms. The zero-order valence-corrected chi connectivity index (χ0v) is 9.76. The summed E-state index contributed by atoms with van der Waals surface area (Å²) in [4.78, 5) is 0. The molecule has 0 amide bonds. The van der Waals surface area contributed by atoms with Gasteiger partial charge < -0.3 is 5.73 Å². The van der Waals surface area contributed by atoms with Crippen molar-refractivity contribution in [2.45, 2.75) is 44.4 Å². The van der Waals surface area contributed by atoms with Crippen LogP contribution in [0.2, 0.25) is 0 Å². The van der Waals surface area contributed by atoms with Gasteiger partial charge in [-0.05, 0) is 26.2 Å². The van der Waals surface area contributed by atoms with Crippen molar-refractivity contribution in [1.82, 2.24) is 4.31 Å². The summed E-state index contributed by atoms with van der Waals surface area (Å²) >= 11 is 0. The molecular formula is C9H20N2O2S. The lowest BCUT2D eigenvalue weighted by Crippen LogP contribution is -2.43. The Bertz CT molecular complexity index is 273. The Morgan fingerprint density at radius 2 is 2.21 bits per heavy atom. The third kappa shape index (κ3) is 2.10. The van der Waals surface area contributed by atoms with Crippen molar-refractivity contribution < 1.29 is 8.42 Å². The smallest absolute Gasteiger partial charge is 0.218 e. The molecule has 1 aliphatic heterocycles. The largest absolute Gasteiger partial charge is 0.329 e. The lowest BCUT2D eigenvalue weighted by atomic mass is 10.3. The number of nitrogens with zero attached hydrogens (tertiary/aromatic N) is 1. The molecule has 1 saturated heterocycles. The number of hydrogen-bond acceptors (Lipinski definition) is 3. The van der Waals surface area contributed by atoms with Gasteiger partial charge in [-0.2, -0.15) is 4.31 Å². The van der Waals surface area contributed by atoms with Crippen LogP contribution in [0.1, 0.15) is 33.1 Å². The molecule has 1 rings (SSSR count). The summed E-state index contributed by atoms with van der Waals surface area (Å²) in [5.41, 5.74) is 5.48. The van der Waals surface area contributed by atoms with Crippen molar-refractivity contribution in [2.75, 3.05) is 13.1 Å². The maximum Gasteiger partial charge on any atom is 0.218 e. The quantitative estimate of drug-likeness (QED) is 0.752. The highest BCUT2D eigenvalue weighted by molar-refractivity contribution is 7.89. The minimum atomic E-state index is -3.14. The molecule has 1 aliphatic rings. The summed E-state index contributed by atoms with van der Waals surface area (Å²) in [6, 6.07) is 0.153. The zero-order valence-electron chi connectivity index (χ0n) is 8.94. The van der Waals surface area contributed by atoms with Crippen molar-refractivity contribution in [3.05, 3.63) is 0 Å². The summed E-state index contributed by atoms with van der Waals surface area (Å²) in [5.74, 6) is 0. The van der Waals surface area contributed by atoms with E-state index in [1.54, 1.807) is 4.31 Å². The Labute approximate surface area is 86.5 Å². The van der Waals surface area contributed by atoms with Gasteiger partial charge >= 0.3 is 0 Å². The van der Waals surface area contributed by atoms with Crippen LogP contribution in [0, 0.1) is 0 Å². The first-order chi connectivity index (χ1) is 6.54. The number of sulfonamides is 1. The predicted molar refractivity (Wildman–Crippen MR) is 57.5 cm³/mol. The summed E-state index contributed by atoms with van der Waals surface area (Å²) < 4.78 is 25.7. The minimum Gasteiger partial charge on any atom is -0.329 e. The van der Waals surface area contributed by atoms with Gasteiger partial charge in [-0.3, -0.25) is 0 Å². The molecule has 0 aromatic rings. The number of nitrogens with two attached hydrogens (primary N) is 1. The van der Waals surface area contributed by atoms with Crippen LogP contribution in [-0.2, 0) is 10.0 Å². The molecule has 2 atom stereocenters. The summed E-state index contributed by atoms with van der Waals surface area (Å²) in [7, 11) is -3.14. The van der Waals surface area contributed by atoms with Crippen LogP contribution in [-0.4, -0.2) is 37.1 Å². The highest BCUT2D eigenvalue weighted by atomic mass is 32.2. The van der Waals surface area contributed by atoms with Gasteiger partial charge in [0, 0.05) is 19.1 Å². The molecule has 1 heterocycles. The summed E-state index contributed by atoms with van der Waals surface area (Å²) in [6.07, 6.45) is 2.55. The molecule has 1 fully saturated rings. The van der Waals surface area contributed by atoms with Crippen molar-refractivity contribution in [3.8, 4) is 0 Å². The fourth-order valence-electron chi connectivity index (χ4n) is 1.98. The van der Waals surface area contributed by atoms with Crippen LogP contribution in [0.5, 0.6) is 0 Å². The van der Waals surface area contributed by atoms with E-state index in [-0.39, 0.29) is 12.6 Å². The third-order valence-corrected chi connectivity index (χ3v) is 5.52. The predicted octanol–water partition coefficient (Wildman–Crippen LogP) is 0.538. The van der Waals surface area contributed by atoms with Gasteiger partial charge in [-0.25, -0.2) is 8.42 Å². The lowest BCUT2D eigenvalue weighted by Gasteiger charge is -2.25. The van der Waals surface area contributed by atoms with Gasteiger partial charge in [-0.15, -0.1) is 0 Å².